The summed E-state index contributed by atoms with van der Waals surface area (Å²) in [6, 6.07) is 5.34. The molecular formula is C36H61N5O8S. The van der Waals surface area contributed by atoms with Crippen molar-refractivity contribution in [3.63, 3.8) is 0 Å². The van der Waals surface area contributed by atoms with E-state index in [-0.39, 0.29) is 24.8 Å². The van der Waals surface area contributed by atoms with Crippen LogP contribution >= 0.6 is 11.8 Å². The zero-order valence-corrected chi connectivity index (χ0v) is 32.2. The minimum Gasteiger partial charge on any atom is -0.444 e. The molecule has 50 heavy (non-hydrogen) atoms. The van der Waals surface area contributed by atoms with Crippen molar-refractivity contribution in [1.29, 1.82) is 0 Å². The van der Waals surface area contributed by atoms with Crippen LogP contribution in [0.1, 0.15) is 87.1 Å². The molecule has 0 bridgehead atoms. The summed E-state index contributed by atoms with van der Waals surface area (Å²) in [7, 11) is 0. The fourth-order valence-electron chi connectivity index (χ4n) is 5.07. The highest BCUT2D eigenvalue weighted by atomic mass is 32.2. The van der Waals surface area contributed by atoms with Crippen LogP contribution in [0.4, 0.5) is 4.79 Å². The Hall–Kier alpha value is -3.36. The van der Waals surface area contributed by atoms with E-state index in [0.29, 0.717) is 18.6 Å². The second kappa shape index (κ2) is 21.8. The van der Waals surface area contributed by atoms with Crippen LogP contribution in [-0.4, -0.2) is 93.9 Å². The summed E-state index contributed by atoms with van der Waals surface area (Å²) in [5.41, 5.74) is 0.0994. The molecule has 0 radical (unpaired) electrons. The molecule has 1 rings (SSSR count). The van der Waals surface area contributed by atoms with Gasteiger partial charge in [-0.25, -0.2) is 4.79 Å². The molecular weight excluding hydrogens is 662 g/mol. The molecule has 5 amide bonds. The Labute approximate surface area is 302 Å². The van der Waals surface area contributed by atoms with E-state index < -0.39 is 77.6 Å². The van der Waals surface area contributed by atoms with E-state index in [9.17, 15) is 34.2 Å². The molecule has 0 heterocycles. The summed E-state index contributed by atoms with van der Waals surface area (Å²) in [6.07, 6.45) is -0.550. The number of hydrogen-bond donors (Lipinski definition) is 7. The number of carbonyl (C=O) groups is 5. The number of aliphatic hydroxyl groups excluding tert-OH is 2. The van der Waals surface area contributed by atoms with Crippen molar-refractivity contribution in [3.05, 3.63) is 35.9 Å². The molecule has 0 aliphatic rings. The molecule has 284 valence electrons. The molecule has 0 aliphatic carbocycles. The third-order valence-corrected chi connectivity index (χ3v) is 8.44. The Morgan fingerprint density at radius 3 is 1.92 bits per heavy atom. The van der Waals surface area contributed by atoms with Crippen LogP contribution in [0.15, 0.2) is 30.3 Å². The monoisotopic (exact) mass is 723 g/mol. The van der Waals surface area contributed by atoms with Gasteiger partial charge in [0.25, 0.3) is 0 Å². The lowest BCUT2D eigenvalue weighted by atomic mass is 9.92. The van der Waals surface area contributed by atoms with Gasteiger partial charge in [-0.2, -0.15) is 11.8 Å². The lowest BCUT2D eigenvalue weighted by Crippen LogP contribution is -2.58. The second-order valence-electron chi connectivity index (χ2n) is 14.6. The Morgan fingerprint density at radius 1 is 0.780 bits per heavy atom. The number of alkyl carbamates (subject to hydrolysis) is 1. The van der Waals surface area contributed by atoms with Gasteiger partial charge in [-0.3, -0.25) is 19.2 Å². The van der Waals surface area contributed by atoms with Crippen molar-refractivity contribution < 1.29 is 38.9 Å². The van der Waals surface area contributed by atoms with Crippen molar-refractivity contribution in [2.45, 2.75) is 130 Å². The number of benzene rings is 1. The van der Waals surface area contributed by atoms with Gasteiger partial charge in [0.15, 0.2) is 0 Å². The highest BCUT2D eigenvalue weighted by molar-refractivity contribution is 7.98. The number of hydrogen-bond acceptors (Lipinski definition) is 9. The van der Waals surface area contributed by atoms with Crippen molar-refractivity contribution >= 4 is 41.5 Å². The number of thioether (sulfide) groups is 1. The summed E-state index contributed by atoms with van der Waals surface area (Å²) < 4.78 is 5.32. The SMILES string of the molecule is CSCC[C@H](NC(=O)[C@@H](NC(=O)OC(C)(C)C)C(C)C)C(=O)N[C@@H](CC(C)C)[C@@H](O)C[C@@H](C)C(=O)N[C@@H](C(=O)NCc1ccccc1)C(C)O. The number of aliphatic hydroxyl groups is 2. The normalized spacial score (nSPS) is 15.9. The average molecular weight is 724 g/mol. The number of ether oxygens (including phenoxy) is 1. The first kappa shape index (κ1) is 44.7. The van der Waals surface area contributed by atoms with Crippen LogP contribution in [0.3, 0.4) is 0 Å². The van der Waals surface area contributed by atoms with E-state index in [4.69, 9.17) is 4.74 Å². The van der Waals surface area contributed by atoms with Gasteiger partial charge in [0.2, 0.25) is 23.6 Å². The highest BCUT2D eigenvalue weighted by Crippen LogP contribution is 2.17. The van der Waals surface area contributed by atoms with E-state index in [1.807, 2.05) is 50.4 Å². The fraction of sp³-hybridized carbons (Fsp3) is 0.694. The molecule has 7 N–H and O–H groups in total. The van der Waals surface area contributed by atoms with E-state index in [0.717, 1.165) is 5.56 Å². The van der Waals surface area contributed by atoms with Gasteiger partial charge in [0.05, 0.1) is 18.2 Å². The first-order chi connectivity index (χ1) is 23.2. The van der Waals surface area contributed by atoms with Gasteiger partial charge in [-0.05, 0) is 76.4 Å². The predicted molar refractivity (Wildman–Crippen MR) is 196 cm³/mol. The Balaban J connectivity index is 3.00. The van der Waals surface area contributed by atoms with Crippen LogP contribution in [0.25, 0.3) is 0 Å². The molecule has 0 aromatic heterocycles. The van der Waals surface area contributed by atoms with E-state index in [1.54, 1.807) is 41.5 Å². The van der Waals surface area contributed by atoms with Gasteiger partial charge >= 0.3 is 6.09 Å². The van der Waals surface area contributed by atoms with E-state index in [2.05, 4.69) is 26.6 Å². The first-order valence-corrected chi connectivity index (χ1v) is 18.7. The van der Waals surface area contributed by atoms with Crippen LogP contribution in [0.5, 0.6) is 0 Å². The maximum atomic E-state index is 13.7. The van der Waals surface area contributed by atoms with Crippen LogP contribution < -0.4 is 26.6 Å². The average Bonchev–Trinajstić information content (AvgIpc) is 3.01. The van der Waals surface area contributed by atoms with Gasteiger partial charge in [0, 0.05) is 12.5 Å². The second-order valence-corrected chi connectivity index (χ2v) is 15.6. The maximum Gasteiger partial charge on any atom is 0.408 e. The Bertz CT molecular complexity index is 1220. The highest BCUT2D eigenvalue weighted by Gasteiger charge is 2.34. The van der Waals surface area contributed by atoms with Gasteiger partial charge in [-0.1, -0.05) is 65.0 Å². The number of rotatable bonds is 20. The van der Waals surface area contributed by atoms with Crippen LogP contribution in [-0.2, 0) is 30.5 Å². The molecule has 0 aliphatic heterocycles. The van der Waals surface area contributed by atoms with Crippen molar-refractivity contribution in [1.82, 2.24) is 26.6 Å². The molecule has 14 heteroatoms. The van der Waals surface area contributed by atoms with Crippen molar-refractivity contribution in [3.8, 4) is 0 Å². The minimum absolute atomic E-state index is 0.0429. The lowest BCUT2D eigenvalue weighted by molar-refractivity contribution is -0.134. The van der Waals surface area contributed by atoms with Crippen LogP contribution in [0, 0.1) is 17.8 Å². The molecule has 7 atom stereocenters. The summed E-state index contributed by atoms with van der Waals surface area (Å²) in [5.74, 6) is -2.60. The molecule has 1 aromatic carbocycles. The summed E-state index contributed by atoms with van der Waals surface area (Å²) in [4.78, 5) is 65.5. The lowest BCUT2D eigenvalue weighted by Gasteiger charge is -2.31. The summed E-state index contributed by atoms with van der Waals surface area (Å²) in [5, 5.41) is 35.2. The summed E-state index contributed by atoms with van der Waals surface area (Å²) >= 11 is 1.50. The molecule has 0 saturated heterocycles. The molecule has 0 spiro atoms. The summed E-state index contributed by atoms with van der Waals surface area (Å²) in [6.45, 7) is 15.8. The minimum atomic E-state index is -1.21. The third kappa shape index (κ3) is 17.0. The number of amides is 5. The maximum absolute atomic E-state index is 13.7. The number of nitrogens with one attached hydrogen (secondary N) is 5. The smallest absolute Gasteiger partial charge is 0.408 e. The Kier molecular flexibility index (Phi) is 19.4. The van der Waals surface area contributed by atoms with E-state index >= 15 is 0 Å². The first-order valence-electron chi connectivity index (χ1n) is 17.3. The predicted octanol–water partition coefficient (Wildman–Crippen LogP) is 2.87. The standard InChI is InChI=1S/C36H61N5O8S/c1-21(2)18-27(28(43)19-23(5)31(44)40-30(24(6)42)33(46)37-20-25-14-12-11-13-15-25)39-32(45)26(16-17-50-10)38-34(47)29(22(3)4)41-35(48)49-36(7,8)9/h11-15,21-24,26-30,42-43H,16-20H2,1-10H3,(H,37,46)(H,38,47)(H,39,45)(H,40,44)(H,41,48)/t23-,24?,26+,27+,28+,29+,30-/m1/s1. The molecule has 13 nitrogen and oxygen atoms in total. The van der Waals surface area contributed by atoms with E-state index in [1.165, 1.54) is 18.7 Å². The molecule has 0 fully saturated rings. The third-order valence-electron chi connectivity index (χ3n) is 7.80. The van der Waals surface area contributed by atoms with Crippen molar-refractivity contribution in [2.75, 3.05) is 12.0 Å². The van der Waals surface area contributed by atoms with Gasteiger partial charge < -0.3 is 41.5 Å². The van der Waals surface area contributed by atoms with Gasteiger partial charge in [-0.15, -0.1) is 0 Å². The van der Waals surface area contributed by atoms with Gasteiger partial charge in [0.1, 0.15) is 23.7 Å². The molecule has 1 aromatic rings. The fourth-order valence-corrected chi connectivity index (χ4v) is 5.54. The number of carbonyl (C=O) groups excluding carboxylic acids is 5. The zero-order chi connectivity index (χ0) is 38.2. The largest absolute Gasteiger partial charge is 0.444 e. The zero-order valence-electron chi connectivity index (χ0n) is 31.4. The quantitative estimate of drug-likeness (QED) is 0.106. The van der Waals surface area contributed by atoms with Crippen LogP contribution in [0.2, 0.25) is 0 Å². The topological polar surface area (TPSA) is 195 Å². The molecule has 0 saturated carbocycles. The van der Waals surface area contributed by atoms with Crippen molar-refractivity contribution in [2.24, 2.45) is 17.8 Å². The Morgan fingerprint density at radius 2 is 1.40 bits per heavy atom. The molecule has 1 unspecified atom stereocenters.